The number of thiazole rings is 1. The minimum atomic E-state index is -1.12. The second kappa shape index (κ2) is 6.16. The molecule has 0 aliphatic carbocycles. The predicted octanol–water partition coefficient (Wildman–Crippen LogP) is 2.57. The number of allylic oxidation sites excluding steroid dienone is 1. The van der Waals surface area contributed by atoms with Gasteiger partial charge in [0.1, 0.15) is 6.09 Å². The van der Waals surface area contributed by atoms with Gasteiger partial charge in [0.05, 0.1) is 5.69 Å². The molecule has 0 spiro atoms. The lowest BCUT2D eigenvalue weighted by Crippen LogP contribution is -2.49. The molecule has 1 aliphatic heterocycles. The second-order valence-corrected chi connectivity index (χ2v) is 5.99. The van der Waals surface area contributed by atoms with Gasteiger partial charge >= 0.3 is 0 Å². The molecule has 4 nitrogen and oxygen atoms in total. The average molecular weight is 295 g/mol. The number of hydrogen-bond donors (Lipinski definition) is 1. The van der Waals surface area contributed by atoms with E-state index in [-0.39, 0.29) is 6.04 Å². The first kappa shape index (κ1) is 14.0. The van der Waals surface area contributed by atoms with Crippen LogP contribution in [0.4, 0.5) is 4.79 Å². The average Bonchev–Trinajstić information content (AvgIpc) is 2.82. The molecule has 1 atom stereocenters. The van der Waals surface area contributed by atoms with Crippen LogP contribution in [0.3, 0.4) is 0 Å². The Kier molecular flexibility index (Phi) is 4.55. The van der Waals surface area contributed by atoms with E-state index in [9.17, 15) is 9.90 Å². The van der Waals surface area contributed by atoms with Crippen molar-refractivity contribution in [2.75, 3.05) is 6.54 Å². The van der Waals surface area contributed by atoms with Crippen LogP contribution in [0.1, 0.15) is 25.0 Å². The number of nitrogens with zero attached hydrogens (tertiary/aromatic N) is 1. The van der Waals surface area contributed by atoms with Crippen LogP contribution in [-0.4, -0.2) is 28.6 Å². The lowest BCUT2D eigenvalue weighted by molar-refractivity contribution is -0.267. The number of amides is 1. The number of nitrogens with one attached hydrogen (secondary N) is 1. The maximum atomic E-state index is 11.2. The lowest BCUT2D eigenvalue weighted by Gasteiger charge is -2.37. The summed E-state index contributed by atoms with van der Waals surface area (Å²) in [6.07, 6.45) is 5.06. The zero-order chi connectivity index (χ0) is 13.8. The van der Waals surface area contributed by atoms with Crippen LogP contribution in [0, 0.1) is 3.95 Å². The van der Waals surface area contributed by atoms with Gasteiger partial charge in [-0.1, -0.05) is 12.2 Å². The largest absolute Gasteiger partial charge is 0.530 e. The number of hydrogen-bond acceptors (Lipinski definition) is 4. The molecule has 1 aromatic rings. The standard InChI is InChI=1S/C13H16N2O2S2/c1-2-3-4-10-6-5-9(7-15(10)13(16)17)11-8-19-12(18)14-11/h2,5,8,10H,1,3-4,6-7H2,(H,14,18)(H,16,17)/p-1. The van der Waals surface area contributed by atoms with Gasteiger partial charge in [-0.05, 0) is 37.1 Å². The Morgan fingerprint density at radius 3 is 3.11 bits per heavy atom. The van der Waals surface area contributed by atoms with E-state index in [1.54, 1.807) is 0 Å². The van der Waals surface area contributed by atoms with Crippen LogP contribution >= 0.6 is 23.6 Å². The quantitative estimate of drug-likeness (QED) is 0.686. The van der Waals surface area contributed by atoms with Gasteiger partial charge in [-0.2, -0.15) is 0 Å². The van der Waals surface area contributed by atoms with Gasteiger partial charge in [-0.25, -0.2) is 0 Å². The Hall–Kier alpha value is -1.40. The molecule has 0 fully saturated rings. The van der Waals surface area contributed by atoms with Crippen LogP contribution < -0.4 is 5.11 Å². The summed E-state index contributed by atoms with van der Waals surface area (Å²) in [6, 6.07) is -0.0200. The van der Waals surface area contributed by atoms with Gasteiger partial charge < -0.3 is 19.8 Å². The van der Waals surface area contributed by atoms with E-state index in [4.69, 9.17) is 12.2 Å². The molecule has 1 N–H and O–H groups in total. The van der Waals surface area contributed by atoms with E-state index in [1.165, 1.54) is 16.2 Å². The Balaban J connectivity index is 2.17. The van der Waals surface area contributed by atoms with Gasteiger partial charge in [-0.3, -0.25) is 0 Å². The number of carbonyl (C=O) groups excluding carboxylic acids is 1. The fourth-order valence-electron chi connectivity index (χ4n) is 2.21. The van der Waals surface area contributed by atoms with Gasteiger partial charge in [0, 0.05) is 18.0 Å². The Labute approximate surface area is 121 Å². The molecule has 6 heteroatoms. The summed E-state index contributed by atoms with van der Waals surface area (Å²) in [5.41, 5.74) is 1.87. The highest BCUT2D eigenvalue weighted by atomic mass is 32.1. The minimum Gasteiger partial charge on any atom is -0.530 e. The molecule has 2 rings (SSSR count). The van der Waals surface area contributed by atoms with Crippen molar-refractivity contribution in [1.82, 2.24) is 9.88 Å². The van der Waals surface area contributed by atoms with Crippen molar-refractivity contribution in [3.05, 3.63) is 33.8 Å². The van der Waals surface area contributed by atoms with Crippen molar-refractivity contribution < 1.29 is 9.90 Å². The first-order valence-electron chi connectivity index (χ1n) is 6.07. The van der Waals surface area contributed by atoms with Gasteiger partial charge in [0.15, 0.2) is 3.95 Å². The first-order chi connectivity index (χ1) is 9.11. The molecule has 0 saturated heterocycles. The molecule has 0 saturated carbocycles. The zero-order valence-corrected chi connectivity index (χ0v) is 12.1. The molecule has 0 radical (unpaired) electrons. The SMILES string of the molecule is C=CCCC1CC=C(c2csc(=S)[nH]2)CN1C(=O)[O-]. The molecule has 102 valence electrons. The molecule has 2 heterocycles. The van der Waals surface area contributed by atoms with Crippen LogP contribution in [0.25, 0.3) is 5.57 Å². The smallest absolute Gasteiger partial charge is 0.158 e. The van der Waals surface area contributed by atoms with E-state index >= 15 is 0 Å². The summed E-state index contributed by atoms with van der Waals surface area (Å²) < 4.78 is 0.699. The third-order valence-electron chi connectivity index (χ3n) is 3.22. The second-order valence-electron chi connectivity index (χ2n) is 4.44. The molecular weight excluding hydrogens is 280 g/mol. The fraction of sp³-hybridized carbons (Fsp3) is 0.385. The third kappa shape index (κ3) is 3.33. The summed E-state index contributed by atoms with van der Waals surface area (Å²) in [4.78, 5) is 15.7. The zero-order valence-electron chi connectivity index (χ0n) is 10.4. The third-order valence-corrected chi connectivity index (χ3v) is 4.28. The molecule has 0 aromatic carbocycles. The summed E-state index contributed by atoms with van der Waals surface area (Å²) in [7, 11) is 0. The van der Waals surface area contributed by atoms with Crippen LogP contribution in [-0.2, 0) is 0 Å². The molecule has 19 heavy (non-hydrogen) atoms. The molecular formula is C13H15N2O2S2-. The minimum absolute atomic E-state index is 0.0200. The van der Waals surface area contributed by atoms with Crippen molar-refractivity contribution >= 4 is 35.2 Å². The number of aromatic amines is 1. The normalized spacial score (nSPS) is 19.1. The highest BCUT2D eigenvalue weighted by Gasteiger charge is 2.23. The lowest BCUT2D eigenvalue weighted by atomic mass is 9.98. The van der Waals surface area contributed by atoms with Crippen molar-refractivity contribution in [2.24, 2.45) is 0 Å². The summed E-state index contributed by atoms with van der Waals surface area (Å²) in [5.74, 6) is 0. The molecule has 1 unspecified atom stereocenters. The maximum Gasteiger partial charge on any atom is 0.158 e. The Morgan fingerprint density at radius 1 is 1.74 bits per heavy atom. The van der Waals surface area contributed by atoms with E-state index < -0.39 is 6.09 Å². The predicted molar refractivity (Wildman–Crippen MR) is 77.4 cm³/mol. The van der Waals surface area contributed by atoms with Gasteiger partial charge in [0.25, 0.3) is 0 Å². The van der Waals surface area contributed by atoms with Crippen LogP contribution in [0.5, 0.6) is 0 Å². The number of carbonyl (C=O) groups is 1. The maximum absolute atomic E-state index is 11.2. The summed E-state index contributed by atoms with van der Waals surface area (Å²) >= 11 is 6.49. The highest BCUT2D eigenvalue weighted by Crippen LogP contribution is 2.26. The number of carboxylic acid groups (broad SMARTS) is 1. The van der Waals surface area contributed by atoms with Crippen molar-refractivity contribution in [3.8, 4) is 0 Å². The van der Waals surface area contributed by atoms with E-state index in [1.807, 2.05) is 11.5 Å². The molecule has 1 aromatic heterocycles. The van der Waals surface area contributed by atoms with Crippen LogP contribution in [0.15, 0.2) is 24.1 Å². The Morgan fingerprint density at radius 2 is 2.53 bits per heavy atom. The van der Waals surface area contributed by atoms with Crippen molar-refractivity contribution in [1.29, 1.82) is 0 Å². The summed E-state index contributed by atoms with van der Waals surface area (Å²) in [6.45, 7) is 4.02. The monoisotopic (exact) mass is 295 g/mol. The number of rotatable bonds is 4. The van der Waals surface area contributed by atoms with Crippen molar-refractivity contribution in [2.45, 2.75) is 25.3 Å². The number of aromatic nitrogens is 1. The summed E-state index contributed by atoms with van der Waals surface area (Å²) in [5, 5.41) is 13.2. The molecule has 1 amide bonds. The van der Waals surface area contributed by atoms with Gasteiger partial charge in [0.2, 0.25) is 0 Å². The number of H-pyrrole nitrogens is 1. The van der Waals surface area contributed by atoms with E-state index in [0.29, 0.717) is 16.9 Å². The van der Waals surface area contributed by atoms with Crippen LogP contribution in [0.2, 0.25) is 0 Å². The van der Waals surface area contributed by atoms with E-state index in [2.05, 4.69) is 17.6 Å². The van der Waals surface area contributed by atoms with Gasteiger partial charge in [-0.15, -0.1) is 17.9 Å². The first-order valence-corrected chi connectivity index (χ1v) is 7.36. The Bertz CT molecular complexity index is 559. The molecule has 1 aliphatic rings. The molecule has 0 bridgehead atoms. The highest BCUT2D eigenvalue weighted by molar-refractivity contribution is 7.73. The van der Waals surface area contributed by atoms with E-state index in [0.717, 1.165) is 24.1 Å². The van der Waals surface area contributed by atoms with Crippen molar-refractivity contribution in [3.63, 3.8) is 0 Å². The topological polar surface area (TPSA) is 59.2 Å². The fourth-order valence-corrected chi connectivity index (χ4v) is 3.07.